The molecule has 1 aromatic carbocycles. The van der Waals surface area contributed by atoms with Crippen molar-refractivity contribution in [1.82, 2.24) is 4.90 Å². The van der Waals surface area contributed by atoms with Crippen molar-refractivity contribution in [3.05, 3.63) is 27.7 Å². The first kappa shape index (κ1) is 19.0. The number of rotatable bonds is 5. The Balaban J connectivity index is 0.00000220. The summed E-state index contributed by atoms with van der Waals surface area (Å²) < 4.78 is 6.70. The van der Waals surface area contributed by atoms with Gasteiger partial charge < -0.3 is 10.5 Å². The normalized spacial score (nSPS) is 18.1. The van der Waals surface area contributed by atoms with Crippen LogP contribution in [0.4, 0.5) is 0 Å². The van der Waals surface area contributed by atoms with Crippen LogP contribution in [-0.2, 0) is 0 Å². The first-order valence-corrected chi connectivity index (χ1v) is 8.29. The Kier molecular flexibility index (Phi) is 8.35. The zero-order valence-corrected chi connectivity index (χ0v) is 15.4. The summed E-state index contributed by atoms with van der Waals surface area (Å²) in [5.74, 6) is 1.53. The second-order valence-corrected chi connectivity index (χ2v) is 6.75. The van der Waals surface area contributed by atoms with Crippen LogP contribution in [0.15, 0.2) is 22.7 Å². The Morgan fingerprint density at radius 2 is 2.10 bits per heavy atom. The van der Waals surface area contributed by atoms with Crippen molar-refractivity contribution < 1.29 is 4.74 Å². The highest BCUT2D eigenvalue weighted by Gasteiger charge is 2.21. The summed E-state index contributed by atoms with van der Waals surface area (Å²) in [5.41, 5.74) is 5.96. The number of ether oxygens (including phenoxy) is 1. The van der Waals surface area contributed by atoms with E-state index in [2.05, 4.69) is 27.8 Å². The van der Waals surface area contributed by atoms with Crippen molar-refractivity contribution in [2.75, 3.05) is 26.2 Å². The van der Waals surface area contributed by atoms with Crippen LogP contribution in [-0.4, -0.2) is 37.2 Å². The Morgan fingerprint density at radius 1 is 1.43 bits per heavy atom. The molecule has 1 heterocycles. The SMILES string of the molecule is CC(N)C1CCN(CCOc2ccc(Cl)cc2Br)CC1.Cl. The third-order valence-electron chi connectivity index (χ3n) is 3.93. The van der Waals surface area contributed by atoms with Gasteiger partial charge in [0.05, 0.1) is 4.47 Å². The first-order valence-electron chi connectivity index (χ1n) is 7.12. The number of nitrogens with zero attached hydrogens (tertiary/aromatic N) is 1. The lowest BCUT2D eigenvalue weighted by molar-refractivity contribution is 0.146. The fraction of sp³-hybridized carbons (Fsp3) is 0.600. The number of halogens is 3. The summed E-state index contributed by atoms with van der Waals surface area (Å²) in [4.78, 5) is 2.45. The van der Waals surface area contributed by atoms with Gasteiger partial charge in [-0.15, -0.1) is 12.4 Å². The molecule has 0 aliphatic carbocycles. The molecular weight excluding hydrogens is 375 g/mol. The average Bonchev–Trinajstić information content (AvgIpc) is 2.42. The Hall–Kier alpha value is -0.0000000000000000555. The van der Waals surface area contributed by atoms with E-state index in [9.17, 15) is 0 Å². The highest BCUT2D eigenvalue weighted by Crippen LogP contribution is 2.28. The molecular formula is C15H23BrCl2N2O. The van der Waals surface area contributed by atoms with E-state index in [-0.39, 0.29) is 12.4 Å². The maximum Gasteiger partial charge on any atom is 0.133 e. The van der Waals surface area contributed by atoms with Gasteiger partial charge in [-0.1, -0.05) is 11.6 Å². The molecule has 6 heteroatoms. The van der Waals surface area contributed by atoms with Gasteiger partial charge in [-0.05, 0) is 72.9 Å². The maximum atomic E-state index is 5.96. The fourth-order valence-corrected chi connectivity index (χ4v) is 3.38. The second-order valence-electron chi connectivity index (χ2n) is 5.46. The summed E-state index contributed by atoms with van der Waals surface area (Å²) in [6.07, 6.45) is 2.39. The summed E-state index contributed by atoms with van der Waals surface area (Å²) in [5, 5.41) is 0.710. The quantitative estimate of drug-likeness (QED) is 0.816. The molecule has 1 aliphatic heterocycles. The molecule has 2 N–H and O–H groups in total. The molecule has 1 saturated heterocycles. The average molecular weight is 398 g/mol. The molecule has 0 bridgehead atoms. The topological polar surface area (TPSA) is 38.5 Å². The van der Waals surface area contributed by atoms with Gasteiger partial charge >= 0.3 is 0 Å². The minimum atomic E-state index is 0. The molecule has 0 amide bonds. The van der Waals surface area contributed by atoms with E-state index in [1.165, 1.54) is 12.8 Å². The van der Waals surface area contributed by atoms with Gasteiger partial charge in [0.25, 0.3) is 0 Å². The van der Waals surface area contributed by atoms with Gasteiger partial charge in [0, 0.05) is 17.6 Å². The predicted octanol–water partition coefficient (Wildman–Crippen LogP) is 3.96. The van der Waals surface area contributed by atoms with Crippen molar-refractivity contribution >= 4 is 39.9 Å². The maximum absolute atomic E-state index is 5.96. The summed E-state index contributed by atoms with van der Waals surface area (Å²) in [6, 6.07) is 5.91. The number of nitrogens with two attached hydrogens (primary N) is 1. The molecule has 2 rings (SSSR count). The molecule has 0 spiro atoms. The van der Waals surface area contributed by atoms with Crippen molar-refractivity contribution in [3.8, 4) is 5.75 Å². The summed E-state index contributed by atoms with van der Waals surface area (Å²) in [7, 11) is 0. The standard InChI is InChI=1S/C15H22BrClN2O.ClH/c1-11(18)12-4-6-19(7-5-12)8-9-20-15-3-2-13(17)10-14(15)16;/h2-3,10-12H,4-9,18H2,1H3;1H. The van der Waals surface area contributed by atoms with Crippen LogP contribution in [0.3, 0.4) is 0 Å². The highest BCUT2D eigenvalue weighted by atomic mass is 79.9. The lowest BCUT2D eigenvalue weighted by atomic mass is 9.91. The molecule has 21 heavy (non-hydrogen) atoms. The van der Waals surface area contributed by atoms with Gasteiger partial charge in [-0.25, -0.2) is 0 Å². The van der Waals surface area contributed by atoms with Crippen LogP contribution in [0.2, 0.25) is 5.02 Å². The molecule has 1 unspecified atom stereocenters. The van der Waals surface area contributed by atoms with Crippen LogP contribution in [0.5, 0.6) is 5.75 Å². The number of likely N-dealkylation sites (tertiary alicyclic amines) is 1. The lowest BCUT2D eigenvalue weighted by Gasteiger charge is -2.33. The van der Waals surface area contributed by atoms with Crippen molar-refractivity contribution in [3.63, 3.8) is 0 Å². The van der Waals surface area contributed by atoms with Crippen molar-refractivity contribution in [1.29, 1.82) is 0 Å². The fourth-order valence-electron chi connectivity index (χ4n) is 2.58. The molecule has 1 aliphatic rings. The van der Waals surface area contributed by atoms with E-state index < -0.39 is 0 Å². The molecule has 1 fully saturated rings. The van der Waals surface area contributed by atoms with Crippen LogP contribution >= 0.6 is 39.9 Å². The molecule has 120 valence electrons. The number of piperidine rings is 1. The second kappa shape index (κ2) is 9.21. The summed E-state index contributed by atoms with van der Waals surface area (Å²) >= 11 is 9.37. The molecule has 1 atom stereocenters. The minimum absolute atomic E-state index is 0. The molecule has 3 nitrogen and oxygen atoms in total. The van der Waals surface area contributed by atoms with Crippen LogP contribution in [0, 0.1) is 5.92 Å². The Bertz CT molecular complexity index is 438. The smallest absolute Gasteiger partial charge is 0.133 e. The van der Waals surface area contributed by atoms with Crippen molar-refractivity contribution in [2.24, 2.45) is 11.7 Å². The number of benzene rings is 1. The van der Waals surface area contributed by atoms with Crippen molar-refractivity contribution in [2.45, 2.75) is 25.8 Å². The van der Waals surface area contributed by atoms with E-state index in [1.807, 2.05) is 18.2 Å². The van der Waals surface area contributed by atoms with E-state index in [0.717, 1.165) is 29.9 Å². The Morgan fingerprint density at radius 3 is 2.67 bits per heavy atom. The molecule has 1 aromatic rings. The Labute approximate surface area is 146 Å². The van der Waals surface area contributed by atoms with Crippen LogP contribution in [0.25, 0.3) is 0 Å². The number of hydrogen-bond acceptors (Lipinski definition) is 3. The largest absolute Gasteiger partial charge is 0.491 e. The van der Waals surface area contributed by atoms with Crippen LogP contribution in [0.1, 0.15) is 19.8 Å². The van der Waals surface area contributed by atoms with E-state index in [4.69, 9.17) is 22.1 Å². The molecule has 0 aromatic heterocycles. The van der Waals surface area contributed by atoms with E-state index in [1.54, 1.807) is 0 Å². The molecule has 0 saturated carbocycles. The van der Waals surface area contributed by atoms with Gasteiger partial charge in [-0.2, -0.15) is 0 Å². The van der Waals surface area contributed by atoms with Gasteiger partial charge in [0.2, 0.25) is 0 Å². The summed E-state index contributed by atoms with van der Waals surface area (Å²) in [6.45, 7) is 6.01. The van der Waals surface area contributed by atoms with Gasteiger partial charge in [-0.3, -0.25) is 4.90 Å². The zero-order valence-electron chi connectivity index (χ0n) is 12.2. The van der Waals surface area contributed by atoms with Gasteiger partial charge in [0.15, 0.2) is 0 Å². The first-order chi connectivity index (χ1) is 9.56. The highest BCUT2D eigenvalue weighted by molar-refractivity contribution is 9.10. The van der Waals surface area contributed by atoms with Gasteiger partial charge in [0.1, 0.15) is 12.4 Å². The third-order valence-corrected chi connectivity index (χ3v) is 4.79. The van der Waals surface area contributed by atoms with Crippen LogP contribution < -0.4 is 10.5 Å². The number of hydrogen-bond donors (Lipinski definition) is 1. The molecule has 0 radical (unpaired) electrons. The third kappa shape index (κ3) is 5.95. The zero-order chi connectivity index (χ0) is 14.5. The predicted molar refractivity (Wildman–Crippen MR) is 94.7 cm³/mol. The van der Waals surface area contributed by atoms with E-state index in [0.29, 0.717) is 23.6 Å². The lowest BCUT2D eigenvalue weighted by Crippen LogP contribution is -2.41. The monoisotopic (exact) mass is 396 g/mol. The van der Waals surface area contributed by atoms with E-state index >= 15 is 0 Å². The minimum Gasteiger partial charge on any atom is -0.491 e.